The predicted molar refractivity (Wildman–Crippen MR) is 91.1 cm³/mol. The molecule has 120 valence electrons. The largest absolute Gasteiger partial charge is 0.341 e. The first-order chi connectivity index (χ1) is 11.6. The Kier molecular flexibility index (Phi) is 4.66. The van der Waals surface area contributed by atoms with E-state index in [9.17, 15) is 9.18 Å². The summed E-state index contributed by atoms with van der Waals surface area (Å²) in [5.74, 6) is -0.484. The van der Waals surface area contributed by atoms with Gasteiger partial charge in [0.2, 0.25) is 0 Å². The summed E-state index contributed by atoms with van der Waals surface area (Å²) >= 11 is 0. The zero-order chi connectivity index (χ0) is 16.9. The van der Waals surface area contributed by atoms with Crippen molar-refractivity contribution >= 4 is 5.91 Å². The number of aromatic nitrogens is 1. The van der Waals surface area contributed by atoms with Crippen molar-refractivity contribution in [3.8, 4) is 0 Å². The second-order valence-corrected chi connectivity index (χ2v) is 5.61. The van der Waals surface area contributed by atoms with E-state index in [0.717, 1.165) is 16.7 Å². The van der Waals surface area contributed by atoms with Crippen molar-refractivity contribution in [1.82, 2.24) is 10.3 Å². The van der Waals surface area contributed by atoms with E-state index in [4.69, 9.17) is 0 Å². The molecule has 0 bridgehead atoms. The molecule has 1 atom stereocenters. The molecule has 0 fully saturated rings. The van der Waals surface area contributed by atoms with Crippen LogP contribution in [0.3, 0.4) is 0 Å². The zero-order valence-electron chi connectivity index (χ0n) is 13.2. The molecule has 0 saturated carbocycles. The van der Waals surface area contributed by atoms with E-state index in [1.807, 2.05) is 37.3 Å². The Morgan fingerprint density at radius 3 is 2.33 bits per heavy atom. The summed E-state index contributed by atoms with van der Waals surface area (Å²) in [6, 6.07) is 16.8. The van der Waals surface area contributed by atoms with Crippen molar-refractivity contribution in [1.29, 1.82) is 0 Å². The molecule has 0 radical (unpaired) electrons. The molecule has 1 N–H and O–H groups in total. The zero-order valence-corrected chi connectivity index (χ0v) is 13.2. The smallest absolute Gasteiger partial charge is 0.252 e. The molecule has 0 aliphatic heterocycles. The van der Waals surface area contributed by atoms with Crippen LogP contribution in [0, 0.1) is 12.7 Å². The Bertz CT molecular complexity index is 832. The van der Waals surface area contributed by atoms with Crippen molar-refractivity contribution in [2.24, 2.45) is 0 Å². The fourth-order valence-electron chi connectivity index (χ4n) is 2.57. The lowest BCUT2D eigenvalue weighted by atomic mass is 9.99. The molecular weight excluding hydrogens is 303 g/mol. The highest BCUT2D eigenvalue weighted by atomic mass is 19.1. The number of aryl methyl sites for hydroxylation is 1. The number of pyridine rings is 1. The third-order valence-electron chi connectivity index (χ3n) is 3.80. The van der Waals surface area contributed by atoms with Gasteiger partial charge in [-0.25, -0.2) is 4.39 Å². The maximum atomic E-state index is 13.2. The molecule has 0 aliphatic rings. The lowest BCUT2D eigenvalue weighted by Crippen LogP contribution is -2.29. The highest BCUT2D eigenvalue weighted by Gasteiger charge is 2.18. The van der Waals surface area contributed by atoms with Crippen LogP contribution in [0.2, 0.25) is 0 Å². The van der Waals surface area contributed by atoms with Gasteiger partial charge >= 0.3 is 0 Å². The van der Waals surface area contributed by atoms with Crippen LogP contribution in [-0.4, -0.2) is 10.9 Å². The molecule has 24 heavy (non-hydrogen) atoms. The number of carbonyl (C=O) groups is 1. The van der Waals surface area contributed by atoms with Crippen LogP contribution in [0.5, 0.6) is 0 Å². The number of benzene rings is 2. The highest BCUT2D eigenvalue weighted by Crippen LogP contribution is 2.22. The Labute approximate surface area is 140 Å². The molecule has 0 aliphatic carbocycles. The van der Waals surface area contributed by atoms with Crippen LogP contribution < -0.4 is 5.32 Å². The average molecular weight is 320 g/mol. The Morgan fingerprint density at radius 2 is 1.67 bits per heavy atom. The molecule has 3 aromatic rings. The minimum absolute atomic E-state index is 0.176. The number of halogens is 1. The minimum atomic E-state index is -0.374. The number of nitrogens with one attached hydrogen (secondary N) is 1. The van der Waals surface area contributed by atoms with Crippen molar-refractivity contribution in [3.63, 3.8) is 0 Å². The molecule has 1 unspecified atom stereocenters. The fraction of sp³-hybridized carbons (Fsp3) is 0.100. The van der Waals surface area contributed by atoms with Crippen molar-refractivity contribution in [2.75, 3.05) is 0 Å². The van der Waals surface area contributed by atoms with Gasteiger partial charge in [0.25, 0.3) is 5.91 Å². The van der Waals surface area contributed by atoms with Crippen molar-refractivity contribution < 1.29 is 9.18 Å². The van der Waals surface area contributed by atoms with E-state index in [-0.39, 0.29) is 17.8 Å². The van der Waals surface area contributed by atoms with Gasteiger partial charge in [-0.1, -0.05) is 29.8 Å². The van der Waals surface area contributed by atoms with Gasteiger partial charge in [0.1, 0.15) is 5.82 Å². The molecule has 3 rings (SSSR count). The van der Waals surface area contributed by atoms with Gasteiger partial charge in [-0.15, -0.1) is 0 Å². The standard InChI is InChI=1S/C20H17FN2O/c1-14-3-2-4-17(13-14)20(24)23-19(16-9-11-22-12-10-16)15-5-7-18(21)8-6-15/h2-13,19H,1H3,(H,23,24). The van der Waals surface area contributed by atoms with Crippen LogP contribution in [0.15, 0.2) is 73.1 Å². The summed E-state index contributed by atoms with van der Waals surface area (Å²) in [5.41, 5.74) is 3.31. The number of hydrogen-bond acceptors (Lipinski definition) is 2. The number of nitrogens with zero attached hydrogens (tertiary/aromatic N) is 1. The molecule has 1 amide bonds. The third-order valence-corrected chi connectivity index (χ3v) is 3.80. The van der Waals surface area contributed by atoms with Gasteiger partial charge in [-0.05, 0) is 54.4 Å². The van der Waals surface area contributed by atoms with Gasteiger partial charge in [0, 0.05) is 18.0 Å². The van der Waals surface area contributed by atoms with Crippen LogP contribution in [0.1, 0.15) is 33.1 Å². The van der Waals surface area contributed by atoms with Gasteiger partial charge in [-0.3, -0.25) is 9.78 Å². The highest BCUT2D eigenvalue weighted by molar-refractivity contribution is 5.94. The summed E-state index contributed by atoms with van der Waals surface area (Å²) in [6.07, 6.45) is 3.34. The number of amides is 1. The third kappa shape index (κ3) is 3.66. The average Bonchev–Trinajstić information content (AvgIpc) is 2.61. The van der Waals surface area contributed by atoms with Gasteiger partial charge in [0.05, 0.1) is 6.04 Å². The molecular formula is C20H17FN2O. The quantitative estimate of drug-likeness (QED) is 0.788. The molecule has 3 nitrogen and oxygen atoms in total. The van der Waals surface area contributed by atoms with Gasteiger partial charge < -0.3 is 5.32 Å². The number of carbonyl (C=O) groups excluding carboxylic acids is 1. The monoisotopic (exact) mass is 320 g/mol. The summed E-state index contributed by atoms with van der Waals surface area (Å²) in [6.45, 7) is 1.94. The summed E-state index contributed by atoms with van der Waals surface area (Å²) in [5, 5.41) is 3.02. The van der Waals surface area contributed by atoms with Crippen LogP contribution >= 0.6 is 0 Å². The summed E-state index contributed by atoms with van der Waals surface area (Å²) < 4.78 is 13.2. The molecule has 2 aromatic carbocycles. The van der Waals surface area contributed by atoms with Crippen LogP contribution in [0.4, 0.5) is 4.39 Å². The maximum Gasteiger partial charge on any atom is 0.252 e. The SMILES string of the molecule is Cc1cccc(C(=O)NC(c2ccncc2)c2ccc(F)cc2)c1. The van der Waals surface area contributed by atoms with Crippen LogP contribution in [0.25, 0.3) is 0 Å². The molecule has 0 saturated heterocycles. The summed E-state index contributed by atoms with van der Waals surface area (Å²) in [4.78, 5) is 16.6. The predicted octanol–water partition coefficient (Wildman–Crippen LogP) is 4.05. The molecule has 0 spiro atoms. The van der Waals surface area contributed by atoms with E-state index in [1.165, 1.54) is 12.1 Å². The topological polar surface area (TPSA) is 42.0 Å². The second-order valence-electron chi connectivity index (χ2n) is 5.61. The van der Waals surface area contributed by atoms with E-state index in [1.54, 1.807) is 30.6 Å². The van der Waals surface area contributed by atoms with Crippen LogP contribution in [-0.2, 0) is 0 Å². The second kappa shape index (κ2) is 7.04. The van der Waals surface area contributed by atoms with Gasteiger partial charge in [-0.2, -0.15) is 0 Å². The van der Waals surface area contributed by atoms with E-state index >= 15 is 0 Å². The normalized spacial score (nSPS) is 11.8. The Morgan fingerprint density at radius 1 is 1.00 bits per heavy atom. The lowest BCUT2D eigenvalue weighted by molar-refractivity contribution is 0.0943. The van der Waals surface area contributed by atoms with Crippen molar-refractivity contribution in [3.05, 3.63) is 101 Å². The first kappa shape index (κ1) is 15.9. The van der Waals surface area contributed by atoms with Gasteiger partial charge in [0.15, 0.2) is 0 Å². The molecule has 4 heteroatoms. The lowest BCUT2D eigenvalue weighted by Gasteiger charge is -2.20. The number of rotatable bonds is 4. The fourth-order valence-corrected chi connectivity index (χ4v) is 2.57. The minimum Gasteiger partial charge on any atom is -0.341 e. The summed E-state index contributed by atoms with van der Waals surface area (Å²) in [7, 11) is 0. The van der Waals surface area contributed by atoms with E-state index in [0.29, 0.717) is 5.56 Å². The van der Waals surface area contributed by atoms with Crippen molar-refractivity contribution in [2.45, 2.75) is 13.0 Å². The molecule has 1 heterocycles. The van der Waals surface area contributed by atoms with E-state index < -0.39 is 0 Å². The van der Waals surface area contributed by atoms with E-state index in [2.05, 4.69) is 10.3 Å². The number of hydrogen-bond donors (Lipinski definition) is 1. The maximum absolute atomic E-state index is 13.2. The Hall–Kier alpha value is -3.01. The first-order valence-electron chi connectivity index (χ1n) is 7.66. The molecule has 1 aromatic heterocycles. The first-order valence-corrected chi connectivity index (χ1v) is 7.66. The Balaban J connectivity index is 1.93.